The molecule has 2 spiro atoms. The van der Waals surface area contributed by atoms with E-state index in [1.165, 1.54) is 38.5 Å². The van der Waals surface area contributed by atoms with Gasteiger partial charge in [-0.3, -0.25) is 0 Å². The van der Waals surface area contributed by atoms with Gasteiger partial charge < -0.3 is 10.3 Å². The predicted octanol–water partition coefficient (Wildman–Crippen LogP) is 3.24. The normalized spacial score (nSPS) is 36.0. The van der Waals surface area contributed by atoms with Crippen molar-refractivity contribution in [1.29, 1.82) is 0 Å². The molecule has 0 aromatic heterocycles. The van der Waals surface area contributed by atoms with Gasteiger partial charge in [0.25, 0.3) is 0 Å². The lowest BCUT2D eigenvalue weighted by Gasteiger charge is -2.58. The highest BCUT2D eigenvalue weighted by atomic mass is 16.5. The van der Waals surface area contributed by atoms with Crippen molar-refractivity contribution in [1.82, 2.24) is 5.06 Å². The molecule has 0 amide bonds. The second-order valence-electron chi connectivity index (χ2n) is 6.94. The molecule has 1 heterocycles. The van der Waals surface area contributed by atoms with Crippen LogP contribution in [0.4, 0.5) is 0 Å². The highest BCUT2D eigenvalue weighted by Gasteiger charge is 2.54. The van der Waals surface area contributed by atoms with Crippen molar-refractivity contribution in [3.63, 3.8) is 0 Å². The van der Waals surface area contributed by atoms with Crippen LogP contribution in [0.3, 0.4) is 0 Å². The van der Waals surface area contributed by atoms with Gasteiger partial charge >= 0.3 is 0 Å². The number of hydroxylamine groups is 2. The first-order chi connectivity index (χ1) is 8.67. The summed E-state index contributed by atoms with van der Waals surface area (Å²) in [5.74, 6) is 0. The summed E-state index contributed by atoms with van der Waals surface area (Å²) in [5.41, 5.74) is -0.208. The highest BCUT2D eigenvalue weighted by Crippen LogP contribution is 2.50. The van der Waals surface area contributed by atoms with Gasteiger partial charge in [0.1, 0.15) is 0 Å². The van der Waals surface area contributed by atoms with Crippen molar-refractivity contribution in [2.45, 2.75) is 94.2 Å². The largest absolute Gasteiger partial charge is 0.393 e. The van der Waals surface area contributed by atoms with Crippen molar-refractivity contribution < 1.29 is 10.3 Å². The first kappa shape index (κ1) is 12.9. The van der Waals surface area contributed by atoms with Crippen molar-refractivity contribution in [3.05, 3.63) is 0 Å². The van der Waals surface area contributed by atoms with E-state index < -0.39 is 0 Å². The fourth-order valence-corrected chi connectivity index (χ4v) is 4.88. The molecule has 2 aliphatic carbocycles. The Hall–Kier alpha value is -0.120. The molecular weight excluding hydrogens is 226 g/mol. The van der Waals surface area contributed by atoms with E-state index in [0.717, 1.165) is 38.5 Å². The fraction of sp³-hybridized carbons (Fsp3) is 1.00. The van der Waals surface area contributed by atoms with E-state index >= 15 is 0 Å². The fourth-order valence-electron chi connectivity index (χ4n) is 4.88. The number of nitrogens with zero attached hydrogens (tertiary/aromatic N) is 1. The minimum Gasteiger partial charge on any atom is -0.393 e. The summed E-state index contributed by atoms with van der Waals surface area (Å²) in [5, 5.41) is 23.0. The van der Waals surface area contributed by atoms with Crippen LogP contribution in [0.15, 0.2) is 0 Å². The molecule has 3 fully saturated rings. The number of aliphatic hydroxyl groups is 1. The third-order valence-corrected chi connectivity index (χ3v) is 5.70. The van der Waals surface area contributed by atoms with Gasteiger partial charge in [-0.25, -0.2) is 0 Å². The molecule has 3 aliphatic rings. The zero-order valence-corrected chi connectivity index (χ0v) is 11.4. The van der Waals surface area contributed by atoms with Crippen LogP contribution in [0.1, 0.15) is 77.0 Å². The maximum Gasteiger partial charge on any atom is 0.0577 e. The average Bonchev–Trinajstić information content (AvgIpc) is 2.38. The van der Waals surface area contributed by atoms with Crippen LogP contribution < -0.4 is 0 Å². The molecule has 104 valence electrons. The van der Waals surface area contributed by atoms with Crippen molar-refractivity contribution in [3.8, 4) is 0 Å². The molecule has 0 bridgehead atoms. The smallest absolute Gasteiger partial charge is 0.0577 e. The van der Waals surface area contributed by atoms with Crippen LogP contribution in [0.5, 0.6) is 0 Å². The number of rotatable bonds is 0. The Balaban J connectivity index is 1.86. The molecule has 0 aromatic rings. The quantitative estimate of drug-likeness (QED) is 0.696. The van der Waals surface area contributed by atoms with Gasteiger partial charge in [-0.2, -0.15) is 5.06 Å². The molecule has 0 aromatic carbocycles. The summed E-state index contributed by atoms with van der Waals surface area (Å²) in [4.78, 5) is 0. The van der Waals surface area contributed by atoms with Crippen LogP contribution in [0.2, 0.25) is 0 Å². The zero-order valence-electron chi connectivity index (χ0n) is 11.4. The highest BCUT2D eigenvalue weighted by molar-refractivity contribution is 5.06. The van der Waals surface area contributed by atoms with E-state index in [-0.39, 0.29) is 17.2 Å². The third kappa shape index (κ3) is 2.00. The Morgan fingerprint density at radius 2 is 1.11 bits per heavy atom. The molecular formula is C15H27NO2. The molecule has 3 nitrogen and oxygen atoms in total. The van der Waals surface area contributed by atoms with Gasteiger partial charge in [-0.15, -0.1) is 0 Å². The average molecular weight is 253 g/mol. The van der Waals surface area contributed by atoms with Crippen LogP contribution in [-0.4, -0.2) is 32.6 Å². The number of aliphatic hydroxyl groups excluding tert-OH is 1. The molecule has 3 rings (SSSR count). The lowest BCUT2D eigenvalue weighted by atomic mass is 9.66. The molecule has 18 heavy (non-hydrogen) atoms. The van der Waals surface area contributed by atoms with E-state index in [4.69, 9.17) is 0 Å². The Labute approximate surface area is 110 Å². The molecule has 3 heteroatoms. The molecule has 2 saturated carbocycles. The van der Waals surface area contributed by atoms with Gasteiger partial charge in [0.15, 0.2) is 0 Å². The molecule has 1 saturated heterocycles. The van der Waals surface area contributed by atoms with Crippen molar-refractivity contribution >= 4 is 0 Å². The molecule has 2 N–H and O–H groups in total. The van der Waals surface area contributed by atoms with Gasteiger partial charge in [-0.05, 0) is 38.5 Å². The summed E-state index contributed by atoms with van der Waals surface area (Å²) in [7, 11) is 0. The Morgan fingerprint density at radius 3 is 1.50 bits per heavy atom. The van der Waals surface area contributed by atoms with E-state index in [1.54, 1.807) is 5.06 Å². The Bertz CT molecular complexity index is 265. The first-order valence-corrected chi connectivity index (χ1v) is 7.84. The number of hydrogen-bond acceptors (Lipinski definition) is 3. The monoisotopic (exact) mass is 253 g/mol. The van der Waals surface area contributed by atoms with Crippen molar-refractivity contribution in [2.75, 3.05) is 0 Å². The second-order valence-corrected chi connectivity index (χ2v) is 6.94. The van der Waals surface area contributed by atoms with Crippen LogP contribution >= 0.6 is 0 Å². The van der Waals surface area contributed by atoms with E-state index in [2.05, 4.69) is 0 Å². The summed E-state index contributed by atoms with van der Waals surface area (Å²) in [6.07, 6.45) is 13.1. The second kappa shape index (κ2) is 4.77. The Morgan fingerprint density at radius 1 is 0.722 bits per heavy atom. The van der Waals surface area contributed by atoms with Gasteiger partial charge in [0.05, 0.1) is 6.10 Å². The molecule has 0 radical (unpaired) electrons. The summed E-state index contributed by atoms with van der Waals surface area (Å²) in [6, 6.07) is 0. The maximum absolute atomic E-state index is 10.9. The predicted molar refractivity (Wildman–Crippen MR) is 70.5 cm³/mol. The SMILES string of the molecule is OC1CC2(CCCCC2)N(O)C2(CCCCC2)C1. The zero-order chi connectivity index (χ0) is 12.6. The van der Waals surface area contributed by atoms with Gasteiger partial charge in [-0.1, -0.05) is 38.5 Å². The van der Waals surface area contributed by atoms with Gasteiger partial charge in [0.2, 0.25) is 0 Å². The topological polar surface area (TPSA) is 43.7 Å². The van der Waals surface area contributed by atoms with Crippen LogP contribution in [0, 0.1) is 0 Å². The van der Waals surface area contributed by atoms with E-state index in [1.807, 2.05) is 0 Å². The van der Waals surface area contributed by atoms with E-state index in [0.29, 0.717) is 0 Å². The molecule has 0 unspecified atom stereocenters. The third-order valence-electron chi connectivity index (χ3n) is 5.70. The lowest BCUT2D eigenvalue weighted by molar-refractivity contribution is -0.291. The van der Waals surface area contributed by atoms with Crippen molar-refractivity contribution in [2.24, 2.45) is 0 Å². The molecule has 0 atom stereocenters. The van der Waals surface area contributed by atoms with Gasteiger partial charge in [0, 0.05) is 11.1 Å². The van der Waals surface area contributed by atoms with Crippen LogP contribution in [0.25, 0.3) is 0 Å². The minimum absolute atomic E-state index is 0.104. The maximum atomic E-state index is 10.9. The minimum atomic E-state index is -0.204. The summed E-state index contributed by atoms with van der Waals surface area (Å²) >= 11 is 0. The molecule has 1 aliphatic heterocycles. The van der Waals surface area contributed by atoms with E-state index in [9.17, 15) is 10.3 Å². The standard InChI is InChI=1S/C15H27NO2/c17-13-11-14(7-3-1-4-8-14)16(18)15(12-13)9-5-2-6-10-15/h13,17-18H,1-12H2. The lowest BCUT2D eigenvalue weighted by Crippen LogP contribution is -2.66. The number of hydrogen-bond donors (Lipinski definition) is 2. The first-order valence-electron chi connectivity index (χ1n) is 7.84. The summed E-state index contributed by atoms with van der Waals surface area (Å²) < 4.78 is 0. The number of piperidine rings is 1. The summed E-state index contributed by atoms with van der Waals surface area (Å²) in [6.45, 7) is 0. The Kier molecular flexibility index (Phi) is 3.41. The van der Waals surface area contributed by atoms with Crippen LogP contribution in [-0.2, 0) is 0 Å².